The van der Waals surface area contributed by atoms with Crippen LogP contribution in [0.1, 0.15) is 16.7 Å². The minimum absolute atomic E-state index is 0.182. The Hall–Kier alpha value is -5.83. The van der Waals surface area contributed by atoms with Gasteiger partial charge < -0.3 is 19.5 Å². The van der Waals surface area contributed by atoms with Gasteiger partial charge in [0, 0.05) is 24.5 Å². The fourth-order valence-corrected chi connectivity index (χ4v) is 5.04. The molecule has 0 aliphatic rings. The largest absolute Gasteiger partial charge is 0.473 e. The summed E-state index contributed by atoms with van der Waals surface area (Å²) in [4.78, 5) is 30.1. The first-order valence-electron chi connectivity index (χ1n) is 14.5. The predicted octanol–water partition coefficient (Wildman–Crippen LogP) is 6.34. The number of esters is 1. The van der Waals surface area contributed by atoms with Crippen molar-refractivity contribution < 1.29 is 19.0 Å². The standard InChI is InChI=1S/C36H32N4O5/c1-39-32-22-29(37-28-15-9-14-27(20-28)21-34(41)43-2)16-17-30(32)40(36(39)42)31-18-19-33(44-23-25-10-5-3-6-11-25)38-35(31)45-24-26-12-7-4-8-13-26/h3-20,22,37H,21,23-24H2,1-2H3. The minimum Gasteiger partial charge on any atom is -0.473 e. The number of imidazole rings is 1. The Balaban J connectivity index is 1.33. The lowest BCUT2D eigenvalue weighted by Crippen LogP contribution is -2.21. The van der Waals surface area contributed by atoms with Gasteiger partial charge in [0.25, 0.3) is 0 Å². The van der Waals surface area contributed by atoms with Gasteiger partial charge in [-0.3, -0.25) is 13.9 Å². The number of aromatic nitrogens is 3. The molecule has 0 radical (unpaired) electrons. The lowest BCUT2D eigenvalue weighted by atomic mass is 10.1. The van der Waals surface area contributed by atoms with Crippen LogP contribution in [0.5, 0.6) is 11.8 Å². The topological polar surface area (TPSA) is 96.6 Å². The number of benzene rings is 4. The van der Waals surface area contributed by atoms with E-state index in [4.69, 9.17) is 14.2 Å². The molecule has 226 valence electrons. The molecule has 0 saturated carbocycles. The van der Waals surface area contributed by atoms with Crippen molar-refractivity contribution in [2.75, 3.05) is 12.4 Å². The van der Waals surface area contributed by atoms with E-state index in [1.165, 1.54) is 7.11 Å². The van der Waals surface area contributed by atoms with Gasteiger partial charge in [0.1, 0.15) is 18.9 Å². The molecule has 6 aromatic rings. The second-order valence-corrected chi connectivity index (χ2v) is 10.5. The molecule has 1 N–H and O–H groups in total. The molecular formula is C36H32N4O5. The van der Waals surface area contributed by atoms with Gasteiger partial charge >= 0.3 is 11.7 Å². The van der Waals surface area contributed by atoms with Crippen LogP contribution in [0.25, 0.3) is 16.7 Å². The van der Waals surface area contributed by atoms with Crippen molar-refractivity contribution in [3.05, 3.63) is 142 Å². The summed E-state index contributed by atoms with van der Waals surface area (Å²) < 4.78 is 20.2. The van der Waals surface area contributed by atoms with Crippen LogP contribution in [0, 0.1) is 0 Å². The number of fused-ring (bicyclic) bond motifs is 1. The van der Waals surface area contributed by atoms with Gasteiger partial charge in [-0.1, -0.05) is 72.8 Å². The maximum atomic E-state index is 13.7. The number of nitrogens with zero attached hydrogens (tertiary/aromatic N) is 3. The van der Waals surface area contributed by atoms with Crippen molar-refractivity contribution in [2.45, 2.75) is 19.6 Å². The van der Waals surface area contributed by atoms with Crippen molar-refractivity contribution in [1.29, 1.82) is 0 Å². The maximum absolute atomic E-state index is 13.7. The van der Waals surface area contributed by atoms with Crippen LogP contribution in [0.3, 0.4) is 0 Å². The molecule has 6 rings (SSSR count). The molecule has 0 bridgehead atoms. The minimum atomic E-state index is -0.303. The van der Waals surface area contributed by atoms with Crippen LogP contribution in [-0.2, 0) is 36.2 Å². The summed E-state index contributed by atoms with van der Waals surface area (Å²) in [6.45, 7) is 0.618. The lowest BCUT2D eigenvalue weighted by Gasteiger charge is -2.14. The third-order valence-corrected chi connectivity index (χ3v) is 7.35. The molecule has 0 unspecified atom stereocenters. The average Bonchev–Trinajstić information content (AvgIpc) is 3.32. The Bertz CT molecular complexity index is 2000. The molecule has 0 fully saturated rings. The smallest absolute Gasteiger partial charge is 0.333 e. The maximum Gasteiger partial charge on any atom is 0.333 e. The van der Waals surface area contributed by atoms with E-state index in [0.717, 1.165) is 28.1 Å². The summed E-state index contributed by atoms with van der Waals surface area (Å²) in [7, 11) is 3.11. The van der Waals surface area contributed by atoms with E-state index in [2.05, 4.69) is 10.3 Å². The third kappa shape index (κ3) is 6.73. The van der Waals surface area contributed by atoms with Gasteiger partial charge in [0.05, 0.1) is 24.6 Å². The highest BCUT2D eigenvalue weighted by atomic mass is 16.5. The molecule has 0 aliphatic carbocycles. The summed E-state index contributed by atoms with van der Waals surface area (Å²) in [5.74, 6) is 0.366. The average molecular weight is 601 g/mol. The highest BCUT2D eigenvalue weighted by Crippen LogP contribution is 2.29. The van der Waals surface area contributed by atoms with Gasteiger partial charge in [-0.25, -0.2) is 4.79 Å². The first kappa shape index (κ1) is 29.3. The van der Waals surface area contributed by atoms with Gasteiger partial charge in [-0.2, -0.15) is 4.98 Å². The van der Waals surface area contributed by atoms with E-state index in [1.54, 1.807) is 28.3 Å². The second-order valence-electron chi connectivity index (χ2n) is 10.5. The first-order valence-corrected chi connectivity index (χ1v) is 14.5. The van der Waals surface area contributed by atoms with Crippen LogP contribution in [0.4, 0.5) is 11.4 Å². The third-order valence-electron chi connectivity index (χ3n) is 7.35. The number of anilines is 2. The molecule has 45 heavy (non-hydrogen) atoms. The Morgan fingerprint density at radius 2 is 1.40 bits per heavy atom. The Kier molecular flexibility index (Phi) is 8.59. The summed E-state index contributed by atoms with van der Waals surface area (Å²) in [5, 5.41) is 3.38. The van der Waals surface area contributed by atoms with Crippen LogP contribution in [-0.4, -0.2) is 27.2 Å². The van der Waals surface area contributed by atoms with Crippen molar-refractivity contribution in [1.82, 2.24) is 14.1 Å². The molecule has 0 saturated heterocycles. The highest BCUT2D eigenvalue weighted by molar-refractivity contribution is 5.83. The summed E-state index contributed by atoms with van der Waals surface area (Å²) in [6, 6.07) is 36.4. The number of rotatable bonds is 11. The van der Waals surface area contributed by atoms with E-state index in [0.29, 0.717) is 29.2 Å². The highest BCUT2D eigenvalue weighted by Gasteiger charge is 2.19. The van der Waals surface area contributed by atoms with Crippen LogP contribution < -0.4 is 20.5 Å². The number of hydrogen-bond acceptors (Lipinski definition) is 7. The van der Waals surface area contributed by atoms with E-state index in [1.807, 2.05) is 103 Å². The summed E-state index contributed by atoms with van der Waals surface area (Å²) in [5.41, 5.74) is 6.08. The zero-order valence-electron chi connectivity index (χ0n) is 25.0. The molecule has 0 atom stereocenters. The molecule has 0 spiro atoms. The molecule has 4 aromatic carbocycles. The van der Waals surface area contributed by atoms with Crippen LogP contribution >= 0.6 is 0 Å². The van der Waals surface area contributed by atoms with E-state index < -0.39 is 0 Å². The first-order chi connectivity index (χ1) is 22.0. The molecule has 0 aliphatic heterocycles. The molecule has 0 amide bonds. The van der Waals surface area contributed by atoms with Crippen LogP contribution in [0.2, 0.25) is 0 Å². The fourth-order valence-electron chi connectivity index (χ4n) is 5.04. The van der Waals surface area contributed by atoms with Crippen molar-refractivity contribution in [2.24, 2.45) is 7.05 Å². The number of carbonyl (C=O) groups excluding carboxylic acids is 1. The number of aryl methyl sites for hydroxylation is 1. The quantitative estimate of drug-likeness (QED) is 0.173. The molecule has 9 heteroatoms. The normalized spacial score (nSPS) is 10.9. The molecule has 2 heterocycles. The Labute approximate surface area is 260 Å². The van der Waals surface area contributed by atoms with E-state index in [9.17, 15) is 9.59 Å². The van der Waals surface area contributed by atoms with Gasteiger partial charge in [-0.15, -0.1) is 0 Å². The Morgan fingerprint density at radius 3 is 2.11 bits per heavy atom. The van der Waals surface area contributed by atoms with Gasteiger partial charge in [-0.05, 0) is 53.1 Å². The number of pyridine rings is 1. The number of hydrogen-bond donors (Lipinski definition) is 1. The zero-order chi connectivity index (χ0) is 31.2. The SMILES string of the molecule is COC(=O)Cc1cccc(Nc2ccc3c(c2)n(C)c(=O)n3-c2ccc(OCc3ccccc3)nc2OCc2ccccc2)c1. The zero-order valence-corrected chi connectivity index (χ0v) is 25.0. The monoisotopic (exact) mass is 600 g/mol. The molecule has 2 aromatic heterocycles. The van der Waals surface area contributed by atoms with Crippen molar-refractivity contribution in [3.8, 4) is 17.4 Å². The number of nitrogens with one attached hydrogen (secondary N) is 1. The van der Waals surface area contributed by atoms with Gasteiger partial charge in [0.15, 0.2) is 0 Å². The number of ether oxygens (including phenoxy) is 3. The second kappa shape index (κ2) is 13.2. The number of carbonyl (C=O) groups is 1. The van der Waals surface area contributed by atoms with Crippen LogP contribution in [0.15, 0.2) is 120 Å². The summed E-state index contributed by atoms with van der Waals surface area (Å²) >= 11 is 0. The number of methoxy groups -OCH3 is 1. The van der Waals surface area contributed by atoms with Crippen molar-refractivity contribution in [3.63, 3.8) is 0 Å². The Morgan fingerprint density at radius 1 is 0.733 bits per heavy atom. The molecule has 9 nitrogen and oxygen atoms in total. The molecular weight excluding hydrogens is 568 g/mol. The van der Waals surface area contributed by atoms with Crippen molar-refractivity contribution >= 4 is 28.4 Å². The van der Waals surface area contributed by atoms with Gasteiger partial charge in [0.2, 0.25) is 11.8 Å². The van der Waals surface area contributed by atoms with E-state index in [-0.39, 0.29) is 30.6 Å². The lowest BCUT2D eigenvalue weighted by molar-refractivity contribution is -0.139. The predicted molar refractivity (Wildman–Crippen MR) is 173 cm³/mol. The fraction of sp³-hybridized carbons (Fsp3) is 0.139. The van der Waals surface area contributed by atoms with E-state index >= 15 is 0 Å². The summed E-state index contributed by atoms with van der Waals surface area (Å²) in [6.07, 6.45) is 0.182.